The van der Waals surface area contributed by atoms with Gasteiger partial charge in [-0.2, -0.15) is 14.2 Å². The number of imidazole rings is 1. The Balaban J connectivity index is 1.22. The predicted molar refractivity (Wildman–Crippen MR) is 139 cm³/mol. The van der Waals surface area contributed by atoms with E-state index < -0.39 is 12.0 Å². The summed E-state index contributed by atoms with van der Waals surface area (Å²) >= 11 is 6.30. The summed E-state index contributed by atoms with van der Waals surface area (Å²) in [6.07, 6.45) is 2.27. The predicted octanol–water partition coefficient (Wildman–Crippen LogP) is 3.96. The maximum atomic E-state index is 15.3. The Labute approximate surface area is 223 Å². The normalized spacial score (nSPS) is 19.4. The number of aromatic amines is 2. The second kappa shape index (κ2) is 7.90. The highest BCUT2D eigenvalue weighted by Crippen LogP contribution is 2.60. The SMILES string of the molecule is Cc1[nH]nc2cc(-c3nc(F)c(C4C5CC5c5nc(-c6cc(Cl)ccc6-n6cnnn6)cc(=O)n54)[nH]3)ccc12. The summed E-state index contributed by atoms with van der Waals surface area (Å²) in [4.78, 5) is 25.8. The Morgan fingerprint density at radius 3 is 2.87 bits per heavy atom. The summed E-state index contributed by atoms with van der Waals surface area (Å²) in [5, 5.41) is 20.1. The van der Waals surface area contributed by atoms with Crippen LogP contribution in [0.15, 0.2) is 53.6 Å². The zero-order valence-electron chi connectivity index (χ0n) is 20.3. The van der Waals surface area contributed by atoms with Gasteiger partial charge in [0.2, 0.25) is 5.95 Å². The lowest BCUT2D eigenvalue weighted by molar-refractivity contribution is 0.479. The van der Waals surface area contributed by atoms with E-state index in [2.05, 4.69) is 35.7 Å². The van der Waals surface area contributed by atoms with Gasteiger partial charge in [-0.15, -0.1) is 5.10 Å². The first-order valence-corrected chi connectivity index (χ1v) is 12.7. The van der Waals surface area contributed by atoms with Crippen molar-refractivity contribution in [3.63, 3.8) is 0 Å². The number of tetrazole rings is 1. The van der Waals surface area contributed by atoms with E-state index in [1.165, 1.54) is 17.1 Å². The van der Waals surface area contributed by atoms with Crippen molar-refractivity contribution in [3.05, 3.63) is 87.3 Å². The molecule has 39 heavy (non-hydrogen) atoms. The van der Waals surface area contributed by atoms with Gasteiger partial charge >= 0.3 is 0 Å². The van der Waals surface area contributed by atoms with Crippen molar-refractivity contribution < 1.29 is 4.39 Å². The van der Waals surface area contributed by atoms with Crippen LogP contribution in [0.3, 0.4) is 0 Å². The minimum atomic E-state index is -0.626. The second-order valence-electron chi connectivity index (χ2n) is 9.95. The molecule has 8 rings (SSSR count). The van der Waals surface area contributed by atoms with E-state index in [9.17, 15) is 4.79 Å². The number of H-pyrrole nitrogens is 2. The summed E-state index contributed by atoms with van der Waals surface area (Å²) in [5.74, 6) is 0.488. The van der Waals surface area contributed by atoms with E-state index in [4.69, 9.17) is 16.6 Å². The van der Waals surface area contributed by atoms with Crippen LogP contribution >= 0.6 is 11.6 Å². The molecule has 2 aliphatic rings. The van der Waals surface area contributed by atoms with Gasteiger partial charge in [0.1, 0.15) is 18.0 Å². The minimum Gasteiger partial charge on any atom is -0.338 e. The van der Waals surface area contributed by atoms with Crippen molar-refractivity contribution in [1.82, 2.24) is 49.9 Å². The first-order valence-electron chi connectivity index (χ1n) is 12.3. The zero-order valence-corrected chi connectivity index (χ0v) is 21.1. The molecular formula is C26H18ClFN10O. The van der Waals surface area contributed by atoms with Crippen LogP contribution in [0.2, 0.25) is 5.02 Å². The molecule has 0 bridgehead atoms. The number of benzene rings is 2. The van der Waals surface area contributed by atoms with Gasteiger partial charge in [0.25, 0.3) is 5.56 Å². The van der Waals surface area contributed by atoms with Gasteiger partial charge in [-0.1, -0.05) is 23.7 Å². The Morgan fingerprint density at radius 2 is 2.03 bits per heavy atom. The fraction of sp³-hybridized carbons (Fsp3) is 0.192. The lowest BCUT2D eigenvalue weighted by atomic mass is 10.1. The van der Waals surface area contributed by atoms with E-state index in [0.29, 0.717) is 39.2 Å². The standard InChI is InChI=1S/C26H18ClFN10O/c1-11-14-4-2-12(6-19(14)34-33-11)25-31-22(24(28)32-25)23-15-8-16(15)26-30-18(9-21(39)38(23)26)17-7-13(27)3-5-20(17)37-10-29-35-36-37/h2-7,9-10,15-16,23H,8H2,1H3,(H,31,32)(H,33,34). The summed E-state index contributed by atoms with van der Waals surface area (Å²) in [6.45, 7) is 1.94. The van der Waals surface area contributed by atoms with Crippen LogP contribution in [0, 0.1) is 18.8 Å². The number of hydrogen-bond donors (Lipinski definition) is 2. The number of hydrogen-bond acceptors (Lipinski definition) is 7. The minimum absolute atomic E-state index is 0.0489. The molecule has 1 aliphatic heterocycles. The maximum Gasteiger partial charge on any atom is 0.254 e. The third-order valence-corrected chi connectivity index (χ3v) is 7.90. The highest BCUT2D eigenvalue weighted by molar-refractivity contribution is 6.31. The highest BCUT2D eigenvalue weighted by Gasteiger charge is 2.56. The number of rotatable bonds is 4. The molecule has 2 N–H and O–H groups in total. The van der Waals surface area contributed by atoms with Gasteiger partial charge in [0, 0.05) is 39.2 Å². The summed E-state index contributed by atoms with van der Waals surface area (Å²) in [7, 11) is 0. The van der Waals surface area contributed by atoms with E-state index in [0.717, 1.165) is 23.0 Å². The molecule has 1 aliphatic carbocycles. The molecule has 4 aromatic heterocycles. The van der Waals surface area contributed by atoms with Gasteiger partial charge in [-0.25, -0.2) is 9.97 Å². The smallest absolute Gasteiger partial charge is 0.254 e. The van der Waals surface area contributed by atoms with E-state index in [-0.39, 0.29) is 23.1 Å². The largest absolute Gasteiger partial charge is 0.338 e. The molecule has 5 heterocycles. The number of nitrogens with zero attached hydrogens (tertiary/aromatic N) is 8. The Morgan fingerprint density at radius 1 is 1.13 bits per heavy atom. The van der Waals surface area contributed by atoms with Gasteiger partial charge < -0.3 is 4.98 Å². The van der Waals surface area contributed by atoms with E-state index in [1.54, 1.807) is 22.8 Å². The van der Waals surface area contributed by atoms with E-state index in [1.807, 2.05) is 25.1 Å². The van der Waals surface area contributed by atoms with Crippen LogP contribution in [0.1, 0.15) is 35.6 Å². The molecular weight excluding hydrogens is 523 g/mol. The Kier molecular flexibility index (Phi) is 4.51. The van der Waals surface area contributed by atoms with Crippen molar-refractivity contribution in [2.24, 2.45) is 5.92 Å². The maximum absolute atomic E-state index is 15.3. The summed E-state index contributed by atoms with van der Waals surface area (Å²) < 4.78 is 18.4. The molecule has 192 valence electrons. The lowest BCUT2D eigenvalue weighted by Crippen LogP contribution is -2.27. The Bertz CT molecular complexity index is 1990. The summed E-state index contributed by atoms with van der Waals surface area (Å²) in [5.41, 5.74) is 4.15. The number of aromatic nitrogens is 10. The van der Waals surface area contributed by atoms with Crippen molar-refractivity contribution >= 4 is 22.5 Å². The fourth-order valence-corrected chi connectivity index (χ4v) is 5.93. The third kappa shape index (κ3) is 3.31. The van der Waals surface area contributed by atoms with Crippen LogP contribution in [0.25, 0.3) is 39.2 Å². The molecule has 3 unspecified atom stereocenters. The van der Waals surface area contributed by atoms with Gasteiger partial charge in [0.05, 0.1) is 28.6 Å². The number of nitrogens with one attached hydrogen (secondary N) is 2. The van der Waals surface area contributed by atoms with Crippen LogP contribution in [-0.2, 0) is 0 Å². The van der Waals surface area contributed by atoms with E-state index >= 15 is 4.39 Å². The van der Waals surface area contributed by atoms with Gasteiger partial charge in [0.15, 0.2) is 0 Å². The molecule has 1 saturated carbocycles. The average Bonchev–Trinajstić information content (AvgIpc) is 3.29. The molecule has 1 fully saturated rings. The van der Waals surface area contributed by atoms with Gasteiger partial charge in [-0.3, -0.25) is 14.5 Å². The molecule has 13 heteroatoms. The third-order valence-electron chi connectivity index (χ3n) is 7.67. The average molecular weight is 541 g/mol. The topological polar surface area (TPSA) is 136 Å². The quantitative estimate of drug-likeness (QED) is 0.345. The van der Waals surface area contributed by atoms with Crippen LogP contribution in [0.5, 0.6) is 0 Å². The van der Waals surface area contributed by atoms with Crippen molar-refractivity contribution in [1.29, 1.82) is 0 Å². The first-order chi connectivity index (χ1) is 19.0. The van der Waals surface area contributed by atoms with Crippen LogP contribution < -0.4 is 5.56 Å². The molecule has 11 nitrogen and oxygen atoms in total. The molecule has 3 atom stereocenters. The molecule has 0 saturated heterocycles. The summed E-state index contributed by atoms with van der Waals surface area (Å²) in [6, 6.07) is 11.8. The van der Waals surface area contributed by atoms with Gasteiger partial charge in [-0.05, 0) is 54.0 Å². The molecule has 6 aromatic rings. The molecule has 2 aromatic carbocycles. The highest BCUT2D eigenvalue weighted by atomic mass is 35.5. The molecule has 0 amide bonds. The van der Waals surface area contributed by atoms with Crippen molar-refractivity contribution in [2.75, 3.05) is 0 Å². The zero-order chi connectivity index (χ0) is 26.4. The van der Waals surface area contributed by atoms with Crippen molar-refractivity contribution in [3.8, 4) is 28.3 Å². The Hall–Kier alpha value is -4.71. The van der Waals surface area contributed by atoms with Crippen molar-refractivity contribution in [2.45, 2.75) is 25.3 Å². The fourth-order valence-electron chi connectivity index (χ4n) is 5.76. The lowest BCUT2D eigenvalue weighted by Gasteiger charge is -2.17. The molecule has 0 spiro atoms. The molecule has 0 radical (unpaired) electrons. The number of aryl methyl sites for hydroxylation is 1. The van der Waals surface area contributed by atoms with Crippen LogP contribution in [0.4, 0.5) is 4.39 Å². The number of halogens is 2. The monoisotopic (exact) mass is 540 g/mol. The van der Waals surface area contributed by atoms with Crippen LogP contribution in [-0.4, -0.2) is 49.9 Å². The first kappa shape index (κ1) is 22.3. The second-order valence-corrected chi connectivity index (χ2v) is 10.4. The number of fused-ring (bicyclic) bond motifs is 4.